The van der Waals surface area contributed by atoms with E-state index in [1.807, 2.05) is 23.7 Å². The van der Waals surface area contributed by atoms with E-state index in [-0.39, 0.29) is 0 Å². The van der Waals surface area contributed by atoms with E-state index in [0.29, 0.717) is 11.8 Å². The highest BCUT2D eigenvalue weighted by atomic mass is 16.4. The van der Waals surface area contributed by atoms with E-state index in [9.17, 15) is 0 Å². The Labute approximate surface area is 93.2 Å². The third kappa shape index (κ3) is 1.38. The van der Waals surface area contributed by atoms with E-state index < -0.39 is 0 Å². The van der Waals surface area contributed by atoms with Crippen LogP contribution in [-0.2, 0) is 0 Å². The average molecular weight is 215 g/mol. The van der Waals surface area contributed by atoms with Gasteiger partial charge in [0.25, 0.3) is 0 Å². The summed E-state index contributed by atoms with van der Waals surface area (Å²) in [5.74, 6) is 0.863. The van der Waals surface area contributed by atoms with E-state index in [0.717, 1.165) is 12.1 Å². The molecule has 2 unspecified atom stereocenters. The van der Waals surface area contributed by atoms with Crippen molar-refractivity contribution < 1.29 is 5.21 Å². The third-order valence-electron chi connectivity index (χ3n) is 3.15. The summed E-state index contributed by atoms with van der Waals surface area (Å²) < 4.78 is 1.91. The maximum absolute atomic E-state index is 8.51. The van der Waals surface area contributed by atoms with Gasteiger partial charge in [-0.15, -0.1) is 5.16 Å². The Morgan fingerprint density at radius 2 is 2.50 bits per heavy atom. The van der Waals surface area contributed by atoms with Crippen molar-refractivity contribution in [3.63, 3.8) is 0 Å². The lowest BCUT2D eigenvalue weighted by Crippen LogP contribution is -1.92. The highest BCUT2D eigenvalue weighted by Gasteiger charge is 2.38. The molecule has 3 rings (SSSR count). The van der Waals surface area contributed by atoms with Crippen LogP contribution in [0.15, 0.2) is 29.6 Å². The van der Waals surface area contributed by atoms with Crippen LogP contribution in [0, 0.1) is 12.8 Å². The zero-order valence-electron chi connectivity index (χ0n) is 9.04. The summed E-state index contributed by atoms with van der Waals surface area (Å²) in [5, 5.41) is 16.0. The Hall–Kier alpha value is -1.84. The van der Waals surface area contributed by atoms with Crippen molar-refractivity contribution in [2.24, 2.45) is 11.1 Å². The quantitative estimate of drug-likeness (QED) is 0.474. The van der Waals surface area contributed by atoms with Crippen LogP contribution in [0.5, 0.6) is 0 Å². The molecule has 1 aliphatic carbocycles. The number of nitrogens with zero attached hydrogens (tertiary/aromatic N) is 3. The maximum atomic E-state index is 8.51. The lowest BCUT2D eigenvalue weighted by Gasteiger charge is -2.01. The number of hydrogen-bond acceptors (Lipinski definition) is 3. The second-order valence-electron chi connectivity index (χ2n) is 4.35. The fraction of sp³-hybridized carbons (Fsp3) is 0.333. The minimum absolute atomic E-state index is 0.381. The van der Waals surface area contributed by atoms with Crippen molar-refractivity contribution in [2.45, 2.75) is 19.3 Å². The van der Waals surface area contributed by atoms with Crippen molar-refractivity contribution in [3.05, 3.63) is 35.7 Å². The molecule has 0 saturated heterocycles. The number of pyridine rings is 1. The smallest absolute Gasteiger partial charge is 0.0699 e. The molecule has 4 heteroatoms. The standard InChI is InChI=1S/C12H13N3O/c1-8-5-12-10(3-2-4-15(12)14-8)11-6-9(11)7-13-16/h2-5,7,9,11,16H,6H2,1H3/b13-7+. The van der Waals surface area contributed by atoms with Crippen LogP contribution >= 0.6 is 0 Å². The van der Waals surface area contributed by atoms with E-state index in [1.165, 1.54) is 11.1 Å². The Morgan fingerprint density at radius 1 is 1.62 bits per heavy atom. The molecule has 2 aromatic rings. The van der Waals surface area contributed by atoms with Gasteiger partial charge in [-0.3, -0.25) is 0 Å². The summed E-state index contributed by atoms with van der Waals surface area (Å²) in [6.07, 6.45) is 4.65. The predicted octanol–water partition coefficient (Wildman–Crippen LogP) is 2.21. The van der Waals surface area contributed by atoms with Crippen molar-refractivity contribution in [2.75, 3.05) is 0 Å². The molecule has 0 bridgehead atoms. The summed E-state index contributed by atoms with van der Waals surface area (Å²) in [4.78, 5) is 0. The number of rotatable bonds is 2. The average Bonchev–Trinajstić information content (AvgIpc) is 2.90. The first-order valence-corrected chi connectivity index (χ1v) is 5.42. The highest BCUT2D eigenvalue weighted by molar-refractivity contribution is 5.69. The number of oxime groups is 1. The van der Waals surface area contributed by atoms with Gasteiger partial charge in [-0.05, 0) is 37.0 Å². The number of aryl methyl sites for hydroxylation is 1. The molecule has 0 spiro atoms. The van der Waals surface area contributed by atoms with Crippen molar-refractivity contribution in [3.8, 4) is 0 Å². The SMILES string of the molecule is Cc1cc2c(C3CC3/C=N/O)cccn2n1. The summed E-state index contributed by atoms with van der Waals surface area (Å²) in [6, 6.07) is 6.24. The second-order valence-corrected chi connectivity index (χ2v) is 4.35. The van der Waals surface area contributed by atoms with Gasteiger partial charge in [0.15, 0.2) is 0 Å². The molecule has 82 valence electrons. The van der Waals surface area contributed by atoms with Crippen LogP contribution in [0.4, 0.5) is 0 Å². The van der Waals surface area contributed by atoms with Gasteiger partial charge in [-0.1, -0.05) is 6.07 Å². The molecule has 1 N–H and O–H groups in total. The van der Waals surface area contributed by atoms with Crippen LogP contribution in [0.1, 0.15) is 23.6 Å². The third-order valence-corrected chi connectivity index (χ3v) is 3.15. The molecule has 2 aromatic heterocycles. The van der Waals surface area contributed by atoms with Gasteiger partial charge in [-0.25, -0.2) is 4.52 Å². The molecule has 0 radical (unpaired) electrons. The molecular formula is C12H13N3O. The lowest BCUT2D eigenvalue weighted by molar-refractivity contribution is 0.320. The van der Waals surface area contributed by atoms with Gasteiger partial charge in [0.1, 0.15) is 0 Å². The van der Waals surface area contributed by atoms with E-state index in [4.69, 9.17) is 5.21 Å². The van der Waals surface area contributed by atoms with E-state index in [1.54, 1.807) is 6.21 Å². The zero-order valence-corrected chi connectivity index (χ0v) is 9.04. The first-order chi connectivity index (χ1) is 7.79. The molecule has 0 aromatic carbocycles. The van der Waals surface area contributed by atoms with Gasteiger partial charge in [0.05, 0.1) is 11.2 Å². The molecule has 1 aliphatic rings. The fourth-order valence-corrected chi connectivity index (χ4v) is 2.30. The van der Waals surface area contributed by atoms with E-state index >= 15 is 0 Å². The summed E-state index contributed by atoms with van der Waals surface area (Å²) in [7, 11) is 0. The lowest BCUT2D eigenvalue weighted by atomic mass is 10.1. The first kappa shape index (κ1) is 9.39. The van der Waals surface area contributed by atoms with Gasteiger partial charge in [0, 0.05) is 18.3 Å². The Bertz CT molecular complexity index is 558. The van der Waals surface area contributed by atoms with Gasteiger partial charge >= 0.3 is 0 Å². The van der Waals surface area contributed by atoms with Gasteiger partial charge < -0.3 is 5.21 Å². The van der Waals surface area contributed by atoms with Crippen LogP contribution < -0.4 is 0 Å². The molecule has 1 saturated carbocycles. The molecule has 0 aliphatic heterocycles. The molecule has 16 heavy (non-hydrogen) atoms. The molecular weight excluding hydrogens is 202 g/mol. The molecule has 0 amide bonds. The van der Waals surface area contributed by atoms with Crippen molar-refractivity contribution in [1.82, 2.24) is 9.61 Å². The minimum Gasteiger partial charge on any atom is -0.411 e. The fourth-order valence-electron chi connectivity index (χ4n) is 2.30. The normalized spacial score (nSPS) is 24.3. The Balaban J connectivity index is 2.04. The number of aromatic nitrogens is 2. The summed E-state index contributed by atoms with van der Waals surface area (Å²) >= 11 is 0. The maximum Gasteiger partial charge on any atom is 0.0699 e. The van der Waals surface area contributed by atoms with Crippen molar-refractivity contribution >= 4 is 11.7 Å². The van der Waals surface area contributed by atoms with Crippen LogP contribution in [-0.4, -0.2) is 21.0 Å². The summed E-state index contributed by atoms with van der Waals surface area (Å²) in [6.45, 7) is 2.00. The van der Waals surface area contributed by atoms with Gasteiger partial charge in [-0.2, -0.15) is 5.10 Å². The van der Waals surface area contributed by atoms with Gasteiger partial charge in [0.2, 0.25) is 0 Å². The molecule has 1 fully saturated rings. The topological polar surface area (TPSA) is 49.9 Å². The Kier molecular flexibility index (Phi) is 1.96. The number of hydrogen-bond donors (Lipinski definition) is 1. The zero-order chi connectivity index (χ0) is 11.1. The predicted molar refractivity (Wildman–Crippen MR) is 61.1 cm³/mol. The van der Waals surface area contributed by atoms with Crippen LogP contribution in [0.2, 0.25) is 0 Å². The molecule has 4 nitrogen and oxygen atoms in total. The highest BCUT2D eigenvalue weighted by Crippen LogP contribution is 2.47. The van der Waals surface area contributed by atoms with Crippen LogP contribution in [0.3, 0.4) is 0 Å². The van der Waals surface area contributed by atoms with Crippen molar-refractivity contribution in [1.29, 1.82) is 0 Å². The summed E-state index contributed by atoms with van der Waals surface area (Å²) in [5.41, 5.74) is 3.49. The first-order valence-electron chi connectivity index (χ1n) is 5.42. The number of fused-ring (bicyclic) bond motifs is 1. The monoisotopic (exact) mass is 215 g/mol. The van der Waals surface area contributed by atoms with Crippen LogP contribution in [0.25, 0.3) is 5.52 Å². The Morgan fingerprint density at radius 3 is 3.31 bits per heavy atom. The minimum atomic E-state index is 0.381. The van der Waals surface area contributed by atoms with E-state index in [2.05, 4.69) is 22.4 Å². The largest absolute Gasteiger partial charge is 0.411 e. The second kappa shape index (κ2) is 3.33. The molecule has 2 heterocycles. The molecule has 2 atom stereocenters.